The van der Waals surface area contributed by atoms with Gasteiger partial charge in [0, 0.05) is 35.8 Å². The molecular formula is C28H39N2O4+. The molecule has 5 aliphatic carbocycles. The second-order valence-corrected chi connectivity index (χ2v) is 13.4. The van der Waals surface area contributed by atoms with E-state index in [1.54, 1.807) is 7.11 Å². The van der Waals surface area contributed by atoms with Gasteiger partial charge in [0.15, 0.2) is 0 Å². The number of ether oxygens (including phenoxy) is 2. The fraction of sp³-hybridized carbons (Fsp3) is 0.750. The topological polar surface area (TPSA) is 81.8 Å². The van der Waals surface area contributed by atoms with E-state index >= 15 is 0 Å². The number of methoxy groups -OCH3 is 1. The van der Waals surface area contributed by atoms with Gasteiger partial charge in [-0.1, -0.05) is 6.07 Å². The molecule has 184 valence electrons. The second-order valence-electron chi connectivity index (χ2n) is 13.4. The van der Waals surface area contributed by atoms with Crippen LogP contribution in [0, 0.1) is 23.2 Å². The molecule has 8 rings (SSSR count). The van der Waals surface area contributed by atoms with Crippen LogP contribution in [0.25, 0.3) is 0 Å². The molecule has 6 nitrogen and oxygen atoms in total. The molecule has 2 bridgehead atoms. The molecule has 7 aliphatic rings. The number of primary amides is 1. The normalized spacial score (nSPS) is 45.6. The van der Waals surface area contributed by atoms with Crippen molar-refractivity contribution in [3.63, 3.8) is 0 Å². The maximum atomic E-state index is 12.5. The number of carbonyl (C=O) groups is 1. The summed E-state index contributed by atoms with van der Waals surface area (Å²) in [5.74, 6) is 1.95. The number of quaternary nitrogens is 1. The fourth-order valence-corrected chi connectivity index (χ4v) is 10.1. The maximum absolute atomic E-state index is 12.5. The van der Waals surface area contributed by atoms with E-state index in [1.165, 1.54) is 37.1 Å². The van der Waals surface area contributed by atoms with Crippen molar-refractivity contribution in [2.45, 2.75) is 81.6 Å². The highest BCUT2D eigenvalue weighted by molar-refractivity contribution is 5.96. The first-order chi connectivity index (χ1) is 16.0. The Hall–Kier alpha value is -1.63. The highest BCUT2D eigenvalue weighted by Gasteiger charge is 2.78. The van der Waals surface area contributed by atoms with E-state index in [0.29, 0.717) is 23.3 Å². The quantitative estimate of drug-likeness (QED) is 0.653. The van der Waals surface area contributed by atoms with Gasteiger partial charge in [0.1, 0.15) is 23.5 Å². The van der Waals surface area contributed by atoms with Crippen LogP contribution in [0.1, 0.15) is 73.4 Å². The number of hydrogen-bond donors (Lipinski definition) is 2. The maximum Gasteiger partial charge on any atom is 0.252 e. The number of nitrogens with two attached hydrogens (primary N) is 1. The predicted molar refractivity (Wildman–Crippen MR) is 128 cm³/mol. The molecule has 0 aromatic heterocycles. The second kappa shape index (κ2) is 6.37. The number of likely N-dealkylation sites (tertiary alicyclic amines) is 1. The average molecular weight is 468 g/mol. The highest BCUT2D eigenvalue weighted by Crippen LogP contribution is 2.74. The van der Waals surface area contributed by atoms with Gasteiger partial charge in [0.25, 0.3) is 5.91 Å². The summed E-state index contributed by atoms with van der Waals surface area (Å²) in [6, 6.07) is 4.59. The number of hydrogen-bond acceptors (Lipinski definition) is 4. The summed E-state index contributed by atoms with van der Waals surface area (Å²) in [7, 11) is 4.28. The Morgan fingerprint density at radius 1 is 1.32 bits per heavy atom. The number of benzene rings is 1. The Bertz CT molecular complexity index is 1090. The van der Waals surface area contributed by atoms with Crippen molar-refractivity contribution in [2.24, 2.45) is 28.9 Å². The van der Waals surface area contributed by atoms with Crippen LogP contribution in [-0.4, -0.2) is 66.1 Å². The summed E-state index contributed by atoms with van der Waals surface area (Å²) >= 11 is 0. The van der Waals surface area contributed by atoms with Crippen molar-refractivity contribution >= 4 is 5.91 Å². The minimum Gasteiger partial charge on any atom is -0.486 e. The zero-order valence-corrected chi connectivity index (χ0v) is 21.0. The van der Waals surface area contributed by atoms with Gasteiger partial charge < -0.3 is 24.8 Å². The summed E-state index contributed by atoms with van der Waals surface area (Å²) in [4.78, 5) is 12.5. The Labute approximate surface area is 202 Å². The van der Waals surface area contributed by atoms with Gasteiger partial charge in [-0.2, -0.15) is 0 Å². The number of carbonyl (C=O) groups excluding carboxylic acids is 1. The molecule has 3 N–H and O–H groups in total. The van der Waals surface area contributed by atoms with Gasteiger partial charge in [-0.3, -0.25) is 4.79 Å². The number of nitrogens with zero attached hydrogens (tertiary/aromatic N) is 1. The van der Waals surface area contributed by atoms with Crippen LogP contribution < -0.4 is 10.5 Å². The van der Waals surface area contributed by atoms with Crippen molar-refractivity contribution in [1.29, 1.82) is 0 Å². The van der Waals surface area contributed by atoms with E-state index in [9.17, 15) is 9.90 Å². The van der Waals surface area contributed by atoms with Crippen molar-refractivity contribution < 1.29 is 23.9 Å². The smallest absolute Gasteiger partial charge is 0.252 e. The van der Waals surface area contributed by atoms with Crippen LogP contribution in [0.15, 0.2) is 12.1 Å². The van der Waals surface area contributed by atoms with Crippen LogP contribution >= 0.6 is 0 Å². The first-order valence-corrected chi connectivity index (χ1v) is 13.3. The Kier molecular flexibility index (Phi) is 4.06. The van der Waals surface area contributed by atoms with Crippen molar-refractivity contribution in [3.05, 3.63) is 28.8 Å². The summed E-state index contributed by atoms with van der Waals surface area (Å²) in [5.41, 5.74) is 7.51. The third-order valence-electron chi connectivity index (χ3n) is 11.1. The van der Waals surface area contributed by atoms with E-state index in [2.05, 4.69) is 13.1 Å². The fourth-order valence-electron chi connectivity index (χ4n) is 10.1. The molecule has 1 spiro atoms. The molecule has 0 radical (unpaired) electrons. The molecule has 1 amide bonds. The molecule has 8 atom stereocenters. The molecule has 34 heavy (non-hydrogen) atoms. The van der Waals surface area contributed by atoms with Gasteiger partial charge in [-0.25, -0.2) is 0 Å². The van der Waals surface area contributed by atoms with Gasteiger partial charge in [-0.15, -0.1) is 0 Å². The van der Waals surface area contributed by atoms with Crippen molar-refractivity contribution in [1.82, 2.24) is 0 Å². The first kappa shape index (κ1) is 21.6. The molecule has 5 fully saturated rings. The number of amides is 1. The minimum absolute atomic E-state index is 0.0245. The average Bonchev–Trinajstić information content (AvgIpc) is 3.47. The van der Waals surface area contributed by atoms with Gasteiger partial charge >= 0.3 is 0 Å². The zero-order chi connectivity index (χ0) is 23.8. The van der Waals surface area contributed by atoms with E-state index < -0.39 is 17.1 Å². The Balaban J connectivity index is 1.47. The molecule has 4 saturated carbocycles. The molecule has 6 heteroatoms. The van der Waals surface area contributed by atoms with Crippen LogP contribution in [0.2, 0.25) is 0 Å². The lowest BCUT2D eigenvalue weighted by Gasteiger charge is -2.70. The molecular weight excluding hydrogens is 428 g/mol. The van der Waals surface area contributed by atoms with Crippen LogP contribution in [0.5, 0.6) is 5.75 Å². The molecule has 1 aromatic carbocycles. The summed E-state index contributed by atoms with van der Waals surface area (Å²) in [6.45, 7) is 6.40. The summed E-state index contributed by atoms with van der Waals surface area (Å²) < 4.78 is 14.4. The van der Waals surface area contributed by atoms with Gasteiger partial charge in [-0.05, 0) is 64.0 Å². The molecule has 2 unspecified atom stereocenters. The highest BCUT2D eigenvalue weighted by atomic mass is 16.6. The monoisotopic (exact) mass is 467 g/mol. The van der Waals surface area contributed by atoms with Crippen LogP contribution in [-0.2, 0) is 11.2 Å². The van der Waals surface area contributed by atoms with Crippen LogP contribution in [0.3, 0.4) is 0 Å². The lowest BCUT2D eigenvalue weighted by molar-refractivity contribution is -0.993. The van der Waals surface area contributed by atoms with E-state index in [0.717, 1.165) is 36.1 Å². The summed E-state index contributed by atoms with van der Waals surface area (Å²) in [6.07, 6.45) is 6.54. The first-order valence-electron chi connectivity index (χ1n) is 13.3. The Morgan fingerprint density at radius 3 is 2.74 bits per heavy atom. The minimum atomic E-state index is -0.882. The lowest BCUT2D eigenvalue weighted by Crippen LogP contribution is -2.80. The van der Waals surface area contributed by atoms with E-state index in [4.69, 9.17) is 15.2 Å². The lowest BCUT2D eigenvalue weighted by atomic mass is 9.42. The van der Waals surface area contributed by atoms with Crippen molar-refractivity contribution in [3.8, 4) is 5.75 Å². The van der Waals surface area contributed by atoms with E-state index in [1.807, 2.05) is 19.9 Å². The standard InChI is InChI=1S/C28H38N2O4/c1-26(2,32)19-12-27-9-10-28(19,33-4)24-21(27)20-16(7-8-18(25(29)31)22(20)34-24)11-17-14-30(3,23(17)27)13-15-5-6-15/h7-8,15,17,19,21,23-24,32H,5-6,9-14H2,1-4H3,(H-,29,31)/p+1/t17?,19-,21?,23-,24-,27+,28-,30+/m1/s1. The molecule has 2 aliphatic heterocycles. The van der Waals surface area contributed by atoms with Gasteiger partial charge in [0.05, 0.1) is 37.2 Å². The number of aliphatic hydroxyl groups is 1. The molecule has 1 saturated heterocycles. The third-order valence-corrected chi connectivity index (χ3v) is 11.1. The zero-order valence-electron chi connectivity index (χ0n) is 21.0. The Morgan fingerprint density at radius 2 is 2.09 bits per heavy atom. The van der Waals surface area contributed by atoms with E-state index in [-0.39, 0.29) is 23.4 Å². The summed E-state index contributed by atoms with van der Waals surface area (Å²) in [5, 5.41) is 11.5. The third kappa shape index (κ3) is 2.45. The van der Waals surface area contributed by atoms with Crippen molar-refractivity contribution in [2.75, 3.05) is 27.2 Å². The SMILES string of the molecule is CO[C@]12CC[C@]3(C[C@@H]1C(C)(C)O)C1c4c(ccc(C(N)=O)c4O[C@H]12)CC1C[N@+](C)(CC2CC2)[C@H]13. The number of fused-ring (bicyclic) bond motifs is 3. The number of rotatable bonds is 5. The largest absolute Gasteiger partial charge is 0.486 e. The van der Waals surface area contributed by atoms with Crippen LogP contribution in [0.4, 0.5) is 0 Å². The van der Waals surface area contributed by atoms with Gasteiger partial charge in [0.2, 0.25) is 0 Å². The molecule has 1 aromatic rings. The predicted octanol–water partition coefficient (Wildman–Crippen LogP) is 3.00. The molecule has 2 heterocycles.